The number of rotatable bonds is 1. The van der Waals surface area contributed by atoms with Crippen molar-refractivity contribution in [1.82, 2.24) is 9.55 Å². The van der Waals surface area contributed by atoms with E-state index in [9.17, 15) is 19.8 Å². The summed E-state index contributed by atoms with van der Waals surface area (Å²) in [5.41, 5.74) is 1.44. The van der Waals surface area contributed by atoms with Gasteiger partial charge in [0.15, 0.2) is 0 Å². The third-order valence-electron chi connectivity index (χ3n) is 7.28. The first kappa shape index (κ1) is 26.1. The SMILES string of the molecule is C[C@H]1CCC/C=C\C[C@@H](c2ccc3c(c2)ncn3C)OC(=O)C[C@H](O)C(C)(C)C(=O)[C@H](C)C1O. The summed E-state index contributed by atoms with van der Waals surface area (Å²) in [6.07, 6.45) is 5.99. The fourth-order valence-corrected chi connectivity index (χ4v) is 4.69. The van der Waals surface area contributed by atoms with Crippen LogP contribution in [0.25, 0.3) is 11.0 Å². The van der Waals surface area contributed by atoms with Crippen molar-refractivity contribution in [2.45, 2.75) is 78.1 Å². The molecule has 34 heavy (non-hydrogen) atoms. The molecular weight excluding hydrogens is 432 g/mol. The minimum Gasteiger partial charge on any atom is -0.457 e. The lowest BCUT2D eigenvalue weighted by atomic mass is 9.73. The molecule has 0 bridgehead atoms. The summed E-state index contributed by atoms with van der Waals surface area (Å²) in [6.45, 7) is 6.90. The third kappa shape index (κ3) is 5.76. The van der Waals surface area contributed by atoms with Gasteiger partial charge in [-0.05, 0) is 42.9 Å². The molecule has 186 valence electrons. The van der Waals surface area contributed by atoms with Crippen LogP contribution in [0, 0.1) is 17.3 Å². The topological polar surface area (TPSA) is 102 Å². The Morgan fingerprint density at radius 3 is 2.62 bits per heavy atom. The van der Waals surface area contributed by atoms with Gasteiger partial charge in [-0.1, -0.05) is 45.9 Å². The molecule has 2 heterocycles. The number of carbonyl (C=O) groups excluding carboxylic acids is 2. The van der Waals surface area contributed by atoms with Crippen molar-refractivity contribution in [1.29, 1.82) is 0 Å². The lowest BCUT2D eigenvalue weighted by Crippen LogP contribution is -2.45. The molecule has 0 saturated carbocycles. The zero-order valence-corrected chi connectivity index (χ0v) is 20.9. The third-order valence-corrected chi connectivity index (χ3v) is 7.28. The first-order valence-electron chi connectivity index (χ1n) is 12.2. The van der Waals surface area contributed by atoms with Crippen LogP contribution in [0.2, 0.25) is 0 Å². The number of ether oxygens (including phenoxy) is 1. The molecule has 0 fully saturated rings. The molecular formula is C27H38N2O5. The second-order valence-electron chi connectivity index (χ2n) is 10.3. The number of hydrogen-bond acceptors (Lipinski definition) is 6. The molecule has 1 aromatic carbocycles. The molecule has 3 rings (SSSR count). The van der Waals surface area contributed by atoms with Crippen LogP contribution >= 0.6 is 0 Å². The van der Waals surface area contributed by atoms with Gasteiger partial charge in [-0.15, -0.1) is 0 Å². The van der Waals surface area contributed by atoms with E-state index in [-0.39, 0.29) is 18.1 Å². The predicted octanol–water partition coefficient (Wildman–Crippen LogP) is 4.27. The molecule has 0 aliphatic carbocycles. The first-order valence-corrected chi connectivity index (χ1v) is 12.2. The Hall–Kier alpha value is -2.51. The number of aromatic nitrogens is 2. The smallest absolute Gasteiger partial charge is 0.309 e. The van der Waals surface area contributed by atoms with Crippen LogP contribution in [0.3, 0.4) is 0 Å². The van der Waals surface area contributed by atoms with E-state index in [0.717, 1.165) is 35.9 Å². The number of Topliss-reactive ketones (excluding diaryl/α,β-unsaturated/α-hetero) is 1. The lowest BCUT2D eigenvalue weighted by Gasteiger charge is -2.34. The zero-order valence-electron chi connectivity index (χ0n) is 20.9. The number of carbonyl (C=O) groups is 2. The first-order chi connectivity index (χ1) is 16.0. The lowest BCUT2D eigenvalue weighted by molar-refractivity contribution is -0.155. The summed E-state index contributed by atoms with van der Waals surface area (Å²) in [5, 5.41) is 21.5. The minimum atomic E-state index is -1.22. The van der Waals surface area contributed by atoms with E-state index in [0.29, 0.717) is 6.42 Å². The van der Waals surface area contributed by atoms with E-state index < -0.39 is 35.6 Å². The van der Waals surface area contributed by atoms with Gasteiger partial charge in [0.1, 0.15) is 11.9 Å². The van der Waals surface area contributed by atoms with Crippen molar-refractivity contribution < 1.29 is 24.5 Å². The number of ketones is 1. The number of allylic oxidation sites excluding steroid dienone is 1. The highest BCUT2D eigenvalue weighted by Gasteiger charge is 2.42. The number of aliphatic hydroxyl groups excluding tert-OH is 2. The fraction of sp³-hybridized carbons (Fsp3) is 0.593. The Morgan fingerprint density at radius 2 is 1.88 bits per heavy atom. The van der Waals surface area contributed by atoms with E-state index >= 15 is 0 Å². The minimum absolute atomic E-state index is 0.0454. The van der Waals surface area contributed by atoms with Crippen LogP contribution in [0.15, 0.2) is 36.7 Å². The second-order valence-corrected chi connectivity index (χ2v) is 10.3. The summed E-state index contributed by atoms with van der Waals surface area (Å²) in [4.78, 5) is 30.4. The molecule has 5 atom stereocenters. The zero-order chi connectivity index (χ0) is 25.0. The van der Waals surface area contributed by atoms with Crippen molar-refractivity contribution in [3.05, 3.63) is 42.2 Å². The number of hydrogen-bond donors (Lipinski definition) is 2. The van der Waals surface area contributed by atoms with Crippen LogP contribution in [-0.2, 0) is 21.4 Å². The fourth-order valence-electron chi connectivity index (χ4n) is 4.69. The Bertz CT molecular complexity index is 1040. The van der Waals surface area contributed by atoms with Crippen molar-refractivity contribution in [3.8, 4) is 0 Å². The highest BCUT2D eigenvalue weighted by Crippen LogP contribution is 2.33. The van der Waals surface area contributed by atoms with Gasteiger partial charge in [-0.2, -0.15) is 0 Å². The largest absolute Gasteiger partial charge is 0.457 e. The van der Waals surface area contributed by atoms with Crippen LogP contribution < -0.4 is 0 Å². The second kappa shape index (κ2) is 10.8. The van der Waals surface area contributed by atoms with E-state index in [1.807, 2.05) is 42.8 Å². The van der Waals surface area contributed by atoms with Gasteiger partial charge in [-0.25, -0.2) is 4.98 Å². The molecule has 1 unspecified atom stereocenters. The van der Waals surface area contributed by atoms with Crippen LogP contribution in [-0.4, -0.2) is 43.7 Å². The van der Waals surface area contributed by atoms with Gasteiger partial charge in [-0.3, -0.25) is 9.59 Å². The number of aliphatic hydroxyl groups is 2. The Morgan fingerprint density at radius 1 is 1.15 bits per heavy atom. The van der Waals surface area contributed by atoms with Gasteiger partial charge < -0.3 is 19.5 Å². The highest BCUT2D eigenvalue weighted by molar-refractivity contribution is 5.88. The Kier molecular flexibility index (Phi) is 8.31. The predicted molar refractivity (Wildman–Crippen MR) is 131 cm³/mol. The van der Waals surface area contributed by atoms with Gasteiger partial charge in [0.25, 0.3) is 0 Å². The summed E-state index contributed by atoms with van der Waals surface area (Å²) in [6, 6.07) is 5.82. The maximum absolute atomic E-state index is 13.2. The summed E-state index contributed by atoms with van der Waals surface area (Å²) in [5.74, 6) is -1.51. The summed E-state index contributed by atoms with van der Waals surface area (Å²) >= 11 is 0. The number of nitrogens with zero attached hydrogens (tertiary/aromatic N) is 2. The average molecular weight is 471 g/mol. The molecule has 2 aromatic rings. The van der Waals surface area contributed by atoms with Gasteiger partial charge in [0.2, 0.25) is 0 Å². The molecule has 1 aliphatic heterocycles. The highest BCUT2D eigenvalue weighted by atomic mass is 16.5. The molecule has 7 nitrogen and oxygen atoms in total. The summed E-state index contributed by atoms with van der Waals surface area (Å²) in [7, 11) is 1.93. The van der Waals surface area contributed by atoms with E-state index in [1.165, 1.54) is 0 Å². The molecule has 7 heteroatoms. The molecule has 0 saturated heterocycles. The van der Waals surface area contributed by atoms with Crippen molar-refractivity contribution in [3.63, 3.8) is 0 Å². The monoisotopic (exact) mass is 470 g/mol. The number of imidazole rings is 1. The average Bonchev–Trinajstić information content (AvgIpc) is 3.18. The molecule has 0 amide bonds. The standard InChI is InChI=1S/C27H38N2O5/c1-17-10-8-6-7-9-11-22(19-12-13-21-20(14-19)28-16-29(21)5)34-24(31)15-23(30)27(3,4)26(33)18(2)25(17)32/h7,9,12-14,16-18,22-23,25,30,32H,6,8,10-11,15H2,1-5H3/b9-7-/t17-,18+,22-,23-,25?/m0/s1. The molecule has 0 radical (unpaired) electrons. The number of cyclic esters (lactones) is 1. The number of esters is 1. The van der Waals surface area contributed by atoms with E-state index in [1.54, 1.807) is 27.1 Å². The van der Waals surface area contributed by atoms with Crippen molar-refractivity contribution in [2.24, 2.45) is 24.3 Å². The van der Waals surface area contributed by atoms with Crippen LogP contribution in [0.5, 0.6) is 0 Å². The van der Waals surface area contributed by atoms with Crippen LogP contribution in [0.4, 0.5) is 0 Å². The van der Waals surface area contributed by atoms with E-state index in [2.05, 4.69) is 11.1 Å². The quantitative estimate of drug-likeness (QED) is 0.477. The maximum Gasteiger partial charge on any atom is 0.309 e. The number of aryl methyl sites for hydroxylation is 1. The number of benzene rings is 1. The summed E-state index contributed by atoms with van der Waals surface area (Å²) < 4.78 is 7.74. The van der Waals surface area contributed by atoms with E-state index in [4.69, 9.17) is 4.74 Å². The van der Waals surface area contributed by atoms with Crippen LogP contribution in [0.1, 0.15) is 71.5 Å². The van der Waals surface area contributed by atoms with Crippen molar-refractivity contribution >= 4 is 22.8 Å². The van der Waals surface area contributed by atoms with Gasteiger partial charge >= 0.3 is 5.97 Å². The molecule has 0 spiro atoms. The normalized spacial score (nSPS) is 30.7. The maximum atomic E-state index is 13.2. The van der Waals surface area contributed by atoms with Gasteiger partial charge in [0, 0.05) is 19.4 Å². The Labute approximate surface area is 201 Å². The van der Waals surface area contributed by atoms with Crippen molar-refractivity contribution in [2.75, 3.05) is 0 Å². The molecule has 2 N–H and O–H groups in total. The Balaban J connectivity index is 1.87. The number of fused-ring (bicyclic) bond motifs is 1. The molecule has 1 aromatic heterocycles. The molecule has 1 aliphatic rings. The van der Waals surface area contributed by atoms with Gasteiger partial charge in [0.05, 0.1) is 41.4 Å².